The Kier molecular flexibility index (Phi) is 1.83. The second-order valence-electron chi connectivity index (χ2n) is 3.38. The van der Waals surface area contributed by atoms with Crippen LogP contribution in [0.15, 0.2) is 0 Å². The van der Waals surface area contributed by atoms with Gasteiger partial charge < -0.3 is 9.67 Å². The van der Waals surface area contributed by atoms with Crippen LogP contribution >= 0.6 is 0 Å². The Morgan fingerprint density at radius 1 is 1.54 bits per heavy atom. The smallest absolute Gasteiger partial charge is 0.372 e. The van der Waals surface area contributed by atoms with Crippen LogP contribution < -0.4 is 0 Å². The van der Waals surface area contributed by atoms with Gasteiger partial charge in [-0.25, -0.2) is 9.78 Å². The molecule has 0 radical (unpaired) electrons. The number of hydrogen-bond acceptors (Lipinski definition) is 2. The van der Waals surface area contributed by atoms with Gasteiger partial charge in [-0.1, -0.05) is 0 Å². The average molecular weight is 180 g/mol. The number of nitrogens with zero attached hydrogens (tertiary/aromatic N) is 2. The lowest BCUT2D eigenvalue weighted by atomic mass is 10.1. The topological polar surface area (TPSA) is 55.1 Å². The Balaban J connectivity index is 2.53. The van der Waals surface area contributed by atoms with E-state index in [9.17, 15) is 4.79 Å². The van der Waals surface area contributed by atoms with Crippen molar-refractivity contribution in [3.05, 3.63) is 17.2 Å². The number of rotatable bonds is 1. The molecule has 0 saturated carbocycles. The van der Waals surface area contributed by atoms with E-state index in [-0.39, 0.29) is 5.82 Å². The van der Waals surface area contributed by atoms with Crippen LogP contribution in [0.1, 0.15) is 34.8 Å². The van der Waals surface area contributed by atoms with Gasteiger partial charge >= 0.3 is 5.97 Å². The van der Waals surface area contributed by atoms with Crippen molar-refractivity contribution in [3.63, 3.8) is 0 Å². The molecule has 1 N–H and O–H groups in total. The molecular formula is C9H12N2O2. The van der Waals surface area contributed by atoms with E-state index in [0.29, 0.717) is 0 Å². The molecule has 0 spiro atoms. The van der Waals surface area contributed by atoms with E-state index in [2.05, 4.69) is 4.98 Å². The Morgan fingerprint density at radius 3 is 3.00 bits per heavy atom. The molecule has 0 unspecified atom stereocenters. The summed E-state index contributed by atoms with van der Waals surface area (Å²) in [6, 6.07) is 0. The van der Waals surface area contributed by atoms with Crippen molar-refractivity contribution in [1.82, 2.24) is 9.55 Å². The van der Waals surface area contributed by atoms with Gasteiger partial charge in [0.25, 0.3) is 0 Å². The number of carbonyl (C=O) groups is 1. The van der Waals surface area contributed by atoms with Crippen molar-refractivity contribution in [2.24, 2.45) is 0 Å². The van der Waals surface area contributed by atoms with Gasteiger partial charge in [0.1, 0.15) is 0 Å². The third-order valence-electron chi connectivity index (χ3n) is 2.51. The summed E-state index contributed by atoms with van der Waals surface area (Å²) in [7, 11) is 0. The Labute approximate surface area is 76.2 Å². The number of aryl methyl sites for hydroxylation is 1. The number of carboxylic acids is 1. The lowest BCUT2D eigenvalue weighted by Crippen LogP contribution is -2.16. The maximum absolute atomic E-state index is 10.8. The lowest BCUT2D eigenvalue weighted by Gasteiger charge is -2.15. The van der Waals surface area contributed by atoms with Crippen molar-refractivity contribution >= 4 is 5.97 Å². The molecule has 0 fully saturated rings. The molecule has 70 valence electrons. The second kappa shape index (κ2) is 2.87. The molecule has 0 saturated heterocycles. The number of carboxylic acid groups (broad SMARTS) is 1. The first-order chi connectivity index (χ1) is 6.20. The molecule has 13 heavy (non-hydrogen) atoms. The van der Waals surface area contributed by atoms with E-state index in [1.165, 1.54) is 0 Å². The summed E-state index contributed by atoms with van der Waals surface area (Å²) in [6.07, 6.45) is 3.17. The number of aromatic carboxylic acids is 1. The minimum atomic E-state index is -0.920. The van der Waals surface area contributed by atoms with Gasteiger partial charge in [0, 0.05) is 12.2 Å². The zero-order valence-electron chi connectivity index (χ0n) is 7.58. The largest absolute Gasteiger partial charge is 0.475 e. The highest BCUT2D eigenvalue weighted by Crippen LogP contribution is 2.19. The fraction of sp³-hybridized carbons (Fsp3) is 0.556. The third-order valence-corrected chi connectivity index (χ3v) is 2.51. The van der Waals surface area contributed by atoms with Gasteiger partial charge in [-0.3, -0.25) is 0 Å². The van der Waals surface area contributed by atoms with E-state index >= 15 is 0 Å². The number of aromatic nitrogens is 2. The first-order valence-electron chi connectivity index (χ1n) is 4.49. The van der Waals surface area contributed by atoms with E-state index in [4.69, 9.17) is 5.11 Å². The molecule has 1 aliphatic rings. The van der Waals surface area contributed by atoms with E-state index in [1.807, 2.05) is 11.5 Å². The van der Waals surface area contributed by atoms with Crippen molar-refractivity contribution < 1.29 is 9.90 Å². The predicted molar refractivity (Wildman–Crippen MR) is 46.9 cm³/mol. The SMILES string of the molecule is Cc1nc(C(=O)O)n2c1CCCC2. The minimum absolute atomic E-state index is 0.201. The molecule has 1 aromatic heterocycles. The van der Waals surface area contributed by atoms with Gasteiger partial charge in [-0.15, -0.1) is 0 Å². The monoisotopic (exact) mass is 180 g/mol. The van der Waals surface area contributed by atoms with Gasteiger partial charge in [-0.05, 0) is 26.2 Å². The summed E-state index contributed by atoms with van der Waals surface area (Å²) < 4.78 is 1.83. The second-order valence-corrected chi connectivity index (χ2v) is 3.38. The summed E-state index contributed by atoms with van der Waals surface area (Å²) in [5.41, 5.74) is 1.97. The van der Waals surface area contributed by atoms with Crippen LogP contribution in [0.5, 0.6) is 0 Å². The van der Waals surface area contributed by atoms with E-state index in [1.54, 1.807) is 0 Å². The highest BCUT2D eigenvalue weighted by molar-refractivity contribution is 5.83. The van der Waals surface area contributed by atoms with Crippen LogP contribution in [0.4, 0.5) is 0 Å². The predicted octanol–water partition coefficient (Wildman–Crippen LogP) is 1.23. The summed E-state index contributed by atoms with van der Waals surface area (Å²) in [5, 5.41) is 8.87. The van der Waals surface area contributed by atoms with Gasteiger partial charge in [0.2, 0.25) is 5.82 Å². The number of hydrogen-bond donors (Lipinski definition) is 1. The van der Waals surface area contributed by atoms with Gasteiger partial charge in [-0.2, -0.15) is 0 Å². The minimum Gasteiger partial charge on any atom is -0.475 e. The van der Waals surface area contributed by atoms with Crippen LogP contribution in [0.25, 0.3) is 0 Å². The van der Waals surface area contributed by atoms with Gasteiger partial charge in [0.15, 0.2) is 0 Å². The molecule has 0 amide bonds. The van der Waals surface area contributed by atoms with Gasteiger partial charge in [0.05, 0.1) is 5.69 Å². The van der Waals surface area contributed by atoms with Crippen LogP contribution in [0, 0.1) is 6.92 Å². The maximum atomic E-state index is 10.8. The van der Waals surface area contributed by atoms with Crippen molar-refractivity contribution in [2.45, 2.75) is 32.7 Å². The van der Waals surface area contributed by atoms with Crippen LogP contribution in [0.2, 0.25) is 0 Å². The summed E-state index contributed by atoms with van der Waals surface area (Å²) in [4.78, 5) is 14.9. The Bertz CT molecular complexity index is 355. The fourth-order valence-corrected chi connectivity index (χ4v) is 1.89. The quantitative estimate of drug-likeness (QED) is 0.707. The molecule has 2 rings (SSSR count). The molecule has 0 atom stereocenters. The first kappa shape index (κ1) is 8.29. The number of imidazole rings is 1. The number of fused-ring (bicyclic) bond motifs is 1. The molecule has 0 aromatic carbocycles. The lowest BCUT2D eigenvalue weighted by molar-refractivity contribution is 0.0677. The van der Waals surface area contributed by atoms with Crippen molar-refractivity contribution in [3.8, 4) is 0 Å². The Morgan fingerprint density at radius 2 is 2.31 bits per heavy atom. The summed E-state index contributed by atoms with van der Waals surface area (Å²) in [6.45, 7) is 2.68. The average Bonchev–Trinajstić information content (AvgIpc) is 2.45. The van der Waals surface area contributed by atoms with Crippen LogP contribution in [0.3, 0.4) is 0 Å². The molecule has 1 aromatic rings. The standard InChI is InChI=1S/C9H12N2O2/c1-6-7-4-2-3-5-11(7)8(10-6)9(12)13/h2-5H2,1H3,(H,12,13). The Hall–Kier alpha value is -1.32. The molecule has 0 aliphatic carbocycles. The zero-order chi connectivity index (χ0) is 9.42. The highest BCUT2D eigenvalue weighted by Gasteiger charge is 2.21. The maximum Gasteiger partial charge on any atom is 0.372 e. The highest BCUT2D eigenvalue weighted by atomic mass is 16.4. The molecule has 4 heteroatoms. The zero-order valence-corrected chi connectivity index (χ0v) is 7.58. The molecule has 2 heterocycles. The van der Waals surface area contributed by atoms with Crippen molar-refractivity contribution in [2.75, 3.05) is 0 Å². The third kappa shape index (κ3) is 1.22. The normalized spacial score (nSPS) is 15.5. The van der Waals surface area contributed by atoms with Crippen LogP contribution in [-0.2, 0) is 13.0 Å². The van der Waals surface area contributed by atoms with Crippen LogP contribution in [-0.4, -0.2) is 20.6 Å². The van der Waals surface area contributed by atoms with E-state index < -0.39 is 5.97 Å². The van der Waals surface area contributed by atoms with E-state index in [0.717, 1.165) is 37.2 Å². The first-order valence-corrected chi connectivity index (χ1v) is 4.49. The molecule has 4 nitrogen and oxygen atoms in total. The fourth-order valence-electron chi connectivity index (χ4n) is 1.89. The molecule has 1 aliphatic heterocycles. The summed E-state index contributed by atoms with van der Waals surface area (Å²) in [5.74, 6) is -0.719. The summed E-state index contributed by atoms with van der Waals surface area (Å²) >= 11 is 0. The molecular weight excluding hydrogens is 168 g/mol. The van der Waals surface area contributed by atoms with Crippen molar-refractivity contribution in [1.29, 1.82) is 0 Å². The molecule has 0 bridgehead atoms.